The molecule has 0 aliphatic carbocycles. The molecule has 0 atom stereocenters. The number of rotatable bonds is 4. The van der Waals surface area contributed by atoms with E-state index in [1.807, 2.05) is 25.1 Å². The van der Waals surface area contributed by atoms with Gasteiger partial charge in [0.05, 0.1) is 0 Å². The zero-order valence-electron chi connectivity index (χ0n) is 14.9. The van der Waals surface area contributed by atoms with E-state index in [1.165, 1.54) is 28.8 Å². The van der Waals surface area contributed by atoms with E-state index in [0.29, 0.717) is 0 Å². The monoisotopic (exact) mass is 331 g/mol. The molecule has 3 aromatic carbocycles. The molecular weight excluding hydrogens is 309 g/mol. The standard InChI is InChI=1S/C23H22FN/c1-15-8-5-6-10-20(15)23-17(3)9-7-11-21(23)18(4)25-22-14-19(24)13-12-16(22)2/h5-14,25H,4H2,1-3H3. The molecule has 0 aliphatic heterocycles. The van der Waals surface area contributed by atoms with Crippen LogP contribution in [0.2, 0.25) is 0 Å². The van der Waals surface area contributed by atoms with Gasteiger partial charge >= 0.3 is 0 Å². The van der Waals surface area contributed by atoms with Crippen LogP contribution < -0.4 is 5.32 Å². The number of halogens is 1. The summed E-state index contributed by atoms with van der Waals surface area (Å²) in [7, 11) is 0. The van der Waals surface area contributed by atoms with Crippen molar-refractivity contribution in [2.75, 3.05) is 5.32 Å². The molecule has 3 rings (SSSR count). The SMILES string of the molecule is C=C(Nc1cc(F)ccc1C)c1cccc(C)c1-c1ccccc1C. The smallest absolute Gasteiger partial charge is 0.125 e. The lowest BCUT2D eigenvalue weighted by Gasteiger charge is -2.19. The summed E-state index contributed by atoms with van der Waals surface area (Å²) in [5.41, 5.74) is 8.25. The van der Waals surface area contributed by atoms with Crippen LogP contribution in [0, 0.1) is 26.6 Å². The molecule has 0 fully saturated rings. The average molecular weight is 331 g/mol. The minimum absolute atomic E-state index is 0.260. The number of aryl methyl sites for hydroxylation is 3. The van der Waals surface area contributed by atoms with E-state index in [-0.39, 0.29) is 5.82 Å². The van der Waals surface area contributed by atoms with Gasteiger partial charge in [-0.25, -0.2) is 4.39 Å². The first kappa shape index (κ1) is 17.0. The van der Waals surface area contributed by atoms with Gasteiger partial charge in [0.2, 0.25) is 0 Å². The first-order valence-corrected chi connectivity index (χ1v) is 8.35. The van der Waals surface area contributed by atoms with Gasteiger partial charge in [-0.3, -0.25) is 0 Å². The van der Waals surface area contributed by atoms with Crippen molar-refractivity contribution in [3.8, 4) is 11.1 Å². The third-order valence-corrected chi connectivity index (χ3v) is 4.50. The van der Waals surface area contributed by atoms with Gasteiger partial charge in [0.15, 0.2) is 0 Å². The maximum atomic E-state index is 13.6. The highest BCUT2D eigenvalue weighted by Crippen LogP contribution is 2.34. The van der Waals surface area contributed by atoms with E-state index in [1.54, 1.807) is 6.07 Å². The molecule has 25 heavy (non-hydrogen) atoms. The second kappa shape index (κ2) is 6.94. The summed E-state index contributed by atoms with van der Waals surface area (Å²) in [6.45, 7) is 10.4. The summed E-state index contributed by atoms with van der Waals surface area (Å²) in [5, 5.41) is 3.29. The highest BCUT2D eigenvalue weighted by Gasteiger charge is 2.13. The molecule has 0 amide bonds. The van der Waals surface area contributed by atoms with Gasteiger partial charge in [0.25, 0.3) is 0 Å². The van der Waals surface area contributed by atoms with Gasteiger partial charge in [-0.1, -0.05) is 55.1 Å². The number of benzene rings is 3. The van der Waals surface area contributed by atoms with Crippen LogP contribution in [0.5, 0.6) is 0 Å². The van der Waals surface area contributed by atoms with E-state index >= 15 is 0 Å². The van der Waals surface area contributed by atoms with E-state index in [9.17, 15) is 4.39 Å². The zero-order chi connectivity index (χ0) is 18.0. The quantitative estimate of drug-likeness (QED) is 0.575. The highest BCUT2D eigenvalue weighted by molar-refractivity contribution is 5.88. The van der Waals surface area contributed by atoms with Gasteiger partial charge < -0.3 is 5.32 Å². The molecule has 126 valence electrons. The normalized spacial score (nSPS) is 10.6. The van der Waals surface area contributed by atoms with Crippen molar-refractivity contribution in [3.05, 3.63) is 95.3 Å². The summed E-state index contributed by atoms with van der Waals surface area (Å²) in [6.07, 6.45) is 0. The fraction of sp³-hybridized carbons (Fsp3) is 0.130. The Hall–Kier alpha value is -2.87. The molecule has 2 heteroatoms. The van der Waals surface area contributed by atoms with E-state index < -0.39 is 0 Å². The largest absolute Gasteiger partial charge is 0.355 e. The number of hydrogen-bond acceptors (Lipinski definition) is 1. The van der Waals surface area contributed by atoms with Crippen molar-refractivity contribution in [2.45, 2.75) is 20.8 Å². The Morgan fingerprint density at radius 2 is 1.56 bits per heavy atom. The molecule has 1 nitrogen and oxygen atoms in total. The van der Waals surface area contributed by atoms with E-state index in [0.717, 1.165) is 28.1 Å². The molecule has 1 N–H and O–H groups in total. The third kappa shape index (κ3) is 3.48. The lowest BCUT2D eigenvalue weighted by molar-refractivity contribution is 0.628. The fourth-order valence-electron chi connectivity index (χ4n) is 3.09. The Morgan fingerprint density at radius 3 is 2.32 bits per heavy atom. The van der Waals surface area contributed by atoms with E-state index in [4.69, 9.17) is 0 Å². The molecule has 0 aromatic heterocycles. The van der Waals surface area contributed by atoms with Crippen LogP contribution in [0.3, 0.4) is 0 Å². The van der Waals surface area contributed by atoms with E-state index in [2.05, 4.69) is 50.0 Å². The van der Waals surface area contributed by atoms with Crippen LogP contribution in [0.1, 0.15) is 22.3 Å². The molecular formula is C23H22FN. The predicted molar refractivity (Wildman–Crippen MR) is 105 cm³/mol. The lowest BCUT2D eigenvalue weighted by atomic mass is 9.91. The van der Waals surface area contributed by atoms with Crippen molar-refractivity contribution in [1.29, 1.82) is 0 Å². The molecule has 0 heterocycles. The molecule has 0 saturated carbocycles. The van der Waals surface area contributed by atoms with Crippen LogP contribution in [-0.2, 0) is 0 Å². The Bertz CT molecular complexity index is 941. The molecule has 0 unspecified atom stereocenters. The maximum Gasteiger partial charge on any atom is 0.125 e. The Balaban J connectivity index is 2.06. The maximum absolute atomic E-state index is 13.6. The number of nitrogens with one attached hydrogen (secondary N) is 1. The molecule has 0 saturated heterocycles. The van der Waals surface area contributed by atoms with Crippen molar-refractivity contribution >= 4 is 11.4 Å². The van der Waals surface area contributed by atoms with Gasteiger partial charge in [-0.15, -0.1) is 0 Å². The minimum Gasteiger partial charge on any atom is -0.355 e. The second-order valence-corrected chi connectivity index (χ2v) is 6.38. The predicted octanol–water partition coefficient (Wildman–Crippen LogP) is 6.50. The van der Waals surface area contributed by atoms with Crippen LogP contribution in [0.15, 0.2) is 67.2 Å². The molecule has 0 aliphatic rings. The summed E-state index contributed by atoms with van der Waals surface area (Å²) >= 11 is 0. The molecule has 0 bridgehead atoms. The van der Waals surface area contributed by atoms with Crippen molar-refractivity contribution in [1.82, 2.24) is 0 Å². The number of anilines is 1. The van der Waals surface area contributed by atoms with Gasteiger partial charge in [-0.05, 0) is 60.7 Å². The third-order valence-electron chi connectivity index (χ3n) is 4.50. The Labute approximate surface area is 148 Å². The zero-order valence-corrected chi connectivity index (χ0v) is 14.9. The summed E-state index contributed by atoms with van der Waals surface area (Å²) < 4.78 is 13.6. The first-order valence-electron chi connectivity index (χ1n) is 8.35. The van der Waals surface area contributed by atoms with Gasteiger partial charge in [0, 0.05) is 16.9 Å². The van der Waals surface area contributed by atoms with Gasteiger partial charge in [-0.2, -0.15) is 0 Å². The first-order chi connectivity index (χ1) is 12.0. The lowest BCUT2D eigenvalue weighted by Crippen LogP contribution is -2.03. The summed E-state index contributed by atoms with van der Waals surface area (Å²) in [4.78, 5) is 0. The van der Waals surface area contributed by atoms with Crippen molar-refractivity contribution in [3.63, 3.8) is 0 Å². The minimum atomic E-state index is -0.260. The number of hydrogen-bond donors (Lipinski definition) is 1. The molecule has 0 spiro atoms. The highest BCUT2D eigenvalue weighted by atomic mass is 19.1. The Morgan fingerprint density at radius 1 is 0.840 bits per heavy atom. The van der Waals surface area contributed by atoms with Crippen LogP contribution in [-0.4, -0.2) is 0 Å². The summed E-state index contributed by atoms with van der Waals surface area (Å²) in [5.74, 6) is -0.260. The van der Waals surface area contributed by atoms with Crippen LogP contribution in [0.25, 0.3) is 16.8 Å². The molecule has 3 aromatic rings. The average Bonchev–Trinajstić information content (AvgIpc) is 2.59. The second-order valence-electron chi connectivity index (χ2n) is 6.38. The fourth-order valence-corrected chi connectivity index (χ4v) is 3.09. The van der Waals surface area contributed by atoms with Crippen LogP contribution >= 0.6 is 0 Å². The summed E-state index contributed by atoms with van der Waals surface area (Å²) in [6, 6.07) is 19.2. The molecule has 0 radical (unpaired) electrons. The van der Waals surface area contributed by atoms with Crippen LogP contribution in [0.4, 0.5) is 10.1 Å². The Kier molecular flexibility index (Phi) is 4.71. The van der Waals surface area contributed by atoms with Crippen molar-refractivity contribution < 1.29 is 4.39 Å². The van der Waals surface area contributed by atoms with Crippen molar-refractivity contribution in [2.24, 2.45) is 0 Å². The van der Waals surface area contributed by atoms with Gasteiger partial charge in [0.1, 0.15) is 5.82 Å². The topological polar surface area (TPSA) is 12.0 Å².